The molecule has 0 radical (unpaired) electrons. The van der Waals surface area contributed by atoms with E-state index in [2.05, 4.69) is 32.9 Å². The SMILES string of the molecule is CC(C)(C)c1ccc(CN2C(=O)N(Cc3ccccc3)S(=O)(=O)c3ccccc32)cc1. The third-order valence-electron chi connectivity index (χ3n) is 5.50. The molecule has 0 bridgehead atoms. The van der Waals surface area contributed by atoms with E-state index < -0.39 is 16.1 Å². The fraction of sp³-hybridized carbons (Fsp3) is 0.240. The molecule has 1 heterocycles. The van der Waals surface area contributed by atoms with Crippen LogP contribution in [0.1, 0.15) is 37.5 Å². The van der Waals surface area contributed by atoms with Crippen molar-refractivity contribution < 1.29 is 13.2 Å². The van der Waals surface area contributed by atoms with E-state index in [1.165, 1.54) is 5.56 Å². The van der Waals surface area contributed by atoms with Crippen molar-refractivity contribution in [1.82, 2.24) is 4.31 Å². The maximum absolute atomic E-state index is 13.4. The van der Waals surface area contributed by atoms with Crippen LogP contribution in [-0.4, -0.2) is 18.8 Å². The summed E-state index contributed by atoms with van der Waals surface area (Å²) in [5, 5.41) is 0. The lowest BCUT2D eigenvalue weighted by atomic mass is 9.87. The number of amides is 2. The molecule has 0 saturated carbocycles. The van der Waals surface area contributed by atoms with E-state index >= 15 is 0 Å². The number of nitrogens with zero attached hydrogens (tertiary/aromatic N) is 2. The second-order valence-corrected chi connectivity index (χ2v) is 10.6. The van der Waals surface area contributed by atoms with Crippen molar-refractivity contribution in [3.8, 4) is 0 Å². The number of rotatable bonds is 4. The zero-order valence-electron chi connectivity index (χ0n) is 17.9. The number of carbonyl (C=O) groups excluding carboxylic acids is 1. The van der Waals surface area contributed by atoms with Crippen LogP contribution in [0.15, 0.2) is 83.8 Å². The summed E-state index contributed by atoms with van der Waals surface area (Å²) < 4.78 is 27.5. The maximum atomic E-state index is 13.4. The molecular weight excluding hydrogens is 408 g/mol. The minimum atomic E-state index is -3.94. The van der Waals surface area contributed by atoms with Crippen LogP contribution in [0.3, 0.4) is 0 Å². The van der Waals surface area contributed by atoms with Gasteiger partial charge in [0.2, 0.25) is 0 Å². The Hall–Kier alpha value is -3.12. The summed E-state index contributed by atoms with van der Waals surface area (Å²) in [6, 6.07) is 23.4. The van der Waals surface area contributed by atoms with Gasteiger partial charge in [-0.2, -0.15) is 0 Å². The molecule has 0 unspecified atom stereocenters. The molecule has 3 aromatic carbocycles. The average molecular weight is 435 g/mol. The van der Waals surface area contributed by atoms with Gasteiger partial charge in [0.1, 0.15) is 4.90 Å². The Kier molecular flexibility index (Phi) is 5.35. The normalized spacial score (nSPS) is 15.6. The Morgan fingerprint density at radius 3 is 1.97 bits per heavy atom. The third kappa shape index (κ3) is 4.08. The fourth-order valence-electron chi connectivity index (χ4n) is 3.70. The zero-order valence-corrected chi connectivity index (χ0v) is 18.8. The van der Waals surface area contributed by atoms with Crippen LogP contribution in [0, 0.1) is 0 Å². The highest BCUT2D eigenvalue weighted by Gasteiger charge is 2.41. The first-order chi connectivity index (χ1) is 14.7. The molecule has 0 fully saturated rings. The van der Waals surface area contributed by atoms with Gasteiger partial charge in [0.05, 0.1) is 18.8 Å². The van der Waals surface area contributed by atoms with Gasteiger partial charge >= 0.3 is 6.03 Å². The number of benzene rings is 3. The lowest BCUT2D eigenvalue weighted by molar-refractivity contribution is 0.226. The summed E-state index contributed by atoms with van der Waals surface area (Å²) in [6.45, 7) is 6.74. The van der Waals surface area contributed by atoms with Crippen LogP contribution in [0.25, 0.3) is 0 Å². The smallest absolute Gasteiger partial charge is 0.288 e. The average Bonchev–Trinajstić information content (AvgIpc) is 2.75. The van der Waals surface area contributed by atoms with Crippen LogP contribution in [0.5, 0.6) is 0 Å². The van der Waals surface area contributed by atoms with Crippen molar-refractivity contribution in [1.29, 1.82) is 0 Å². The topological polar surface area (TPSA) is 57.7 Å². The number of carbonyl (C=O) groups is 1. The van der Waals surface area contributed by atoms with Crippen molar-refractivity contribution in [3.05, 3.63) is 95.6 Å². The third-order valence-corrected chi connectivity index (χ3v) is 7.26. The van der Waals surface area contributed by atoms with Gasteiger partial charge in [-0.05, 0) is 34.2 Å². The van der Waals surface area contributed by atoms with E-state index in [-0.39, 0.29) is 16.9 Å². The molecule has 0 saturated heterocycles. The molecule has 0 N–H and O–H groups in total. The Bertz CT molecular complexity index is 1200. The molecule has 4 rings (SSSR count). The number of urea groups is 1. The molecule has 5 nitrogen and oxygen atoms in total. The highest BCUT2D eigenvalue weighted by molar-refractivity contribution is 7.90. The number of hydrogen-bond acceptors (Lipinski definition) is 3. The van der Waals surface area contributed by atoms with Crippen molar-refractivity contribution in [2.24, 2.45) is 0 Å². The molecule has 1 aliphatic rings. The quantitative estimate of drug-likeness (QED) is 0.559. The predicted octanol–water partition coefficient (Wildman–Crippen LogP) is 5.32. The lowest BCUT2D eigenvalue weighted by Gasteiger charge is -2.36. The molecule has 6 heteroatoms. The van der Waals surface area contributed by atoms with Gasteiger partial charge in [-0.15, -0.1) is 0 Å². The highest BCUT2D eigenvalue weighted by atomic mass is 32.2. The van der Waals surface area contributed by atoms with Gasteiger partial charge in [-0.1, -0.05) is 87.5 Å². The summed E-state index contributed by atoms with van der Waals surface area (Å²) in [6.07, 6.45) is 0. The first kappa shape index (κ1) is 21.1. The molecule has 0 aromatic heterocycles. The van der Waals surface area contributed by atoms with Gasteiger partial charge in [-0.25, -0.2) is 17.5 Å². The maximum Gasteiger partial charge on any atom is 0.339 e. The second-order valence-electron chi connectivity index (χ2n) is 8.78. The Balaban J connectivity index is 1.72. The van der Waals surface area contributed by atoms with Gasteiger partial charge in [0.25, 0.3) is 10.0 Å². The number of para-hydroxylation sites is 1. The number of sulfonamides is 1. The molecule has 160 valence electrons. The first-order valence-corrected chi connectivity index (χ1v) is 11.7. The van der Waals surface area contributed by atoms with Crippen molar-refractivity contribution in [2.75, 3.05) is 4.90 Å². The summed E-state index contributed by atoms with van der Waals surface area (Å²) in [4.78, 5) is 15.1. The summed E-state index contributed by atoms with van der Waals surface area (Å²) in [5.41, 5.74) is 3.35. The fourth-order valence-corrected chi connectivity index (χ4v) is 5.26. The molecule has 2 amide bonds. The van der Waals surface area contributed by atoms with Crippen LogP contribution in [-0.2, 0) is 28.5 Å². The minimum Gasteiger partial charge on any atom is -0.288 e. The summed E-state index contributed by atoms with van der Waals surface area (Å²) in [7, 11) is -3.94. The summed E-state index contributed by atoms with van der Waals surface area (Å²) in [5.74, 6) is 0. The minimum absolute atomic E-state index is 0.00416. The Morgan fingerprint density at radius 2 is 1.32 bits per heavy atom. The van der Waals surface area contributed by atoms with Gasteiger partial charge < -0.3 is 0 Å². The van der Waals surface area contributed by atoms with E-state index in [1.807, 2.05) is 42.5 Å². The van der Waals surface area contributed by atoms with Gasteiger partial charge in [-0.3, -0.25) is 4.90 Å². The number of hydrogen-bond donors (Lipinski definition) is 0. The second kappa shape index (κ2) is 7.85. The van der Waals surface area contributed by atoms with Crippen LogP contribution in [0.2, 0.25) is 0 Å². The molecule has 0 aliphatic carbocycles. The Labute approximate surface area is 184 Å². The van der Waals surface area contributed by atoms with E-state index in [4.69, 9.17) is 0 Å². The van der Waals surface area contributed by atoms with Crippen LogP contribution in [0.4, 0.5) is 10.5 Å². The molecular formula is C25H26N2O3S. The molecule has 0 atom stereocenters. The van der Waals surface area contributed by atoms with Gasteiger partial charge in [0.15, 0.2) is 0 Å². The van der Waals surface area contributed by atoms with Crippen molar-refractivity contribution in [3.63, 3.8) is 0 Å². The lowest BCUT2D eigenvalue weighted by Crippen LogP contribution is -2.49. The standard InChI is InChI=1S/C25H26N2O3S/c1-25(2,3)21-15-13-20(14-16-21)17-26-22-11-7-8-12-23(22)31(29,30)27(24(26)28)18-19-9-5-4-6-10-19/h4-16H,17-18H2,1-3H3. The molecule has 0 spiro atoms. The van der Waals surface area contributed by atoms with E-state index in [9.17, 15) is 13.2 Å². The first-order valence-electron chi connectivity index (χ1n) is 10.2. The van der Waals surface area contributed by atoms with Crippen LogP contribution >= 0.6 is 0 Å². The van der Waals surface area contributed by atoms with E-state index in [1.54, 1.807) is 29.2 Å². The summed E-state index contributed by atoms with van der Waals surface area (Å²) >= 11 is 0. The van der Waals surface area contributed by atoms with Crippen molar-refractivity contribution in [2.45, 2.75) is 44.2 Å². The van der Waals surface area contributed by atoms with Crippen molar-refractivity contribution >= 4 is 21.7 Å². The monoisotopic (exact) mass is 434 g/mol. The van der Waals surface area contributed by atoms with Gasteiger partial charge in [0, 0.05) is 0 Å². The number of anilines is 1. The van der Waals surface area contributed by atoms with E-state index in [0.717, 1.165) is 15.4 Å². The van der Waals surface area contributed by atoms with E-state index in [0.29, 0.717) is 12.2 Å². The zero-order chi connectivity index (χ0) is 22.2. The molecule has 31 heavy (non-hydrogen) atoms. The molecule has 3 aromatic rings. The largest absolute Gasteiger partial charge is 0.339 e. The number of fused-ring (bicyclic) bond motifs is 1. The predicted molar refractivity (Wildman–Crippen MR) is 122 cm³/mol. The highest BCUT2D eigenvalue weighted by Crippen LogP contribution is 2.36. The van der Waals surface area contributed by atoms with Crippen LogP contribution < -0.4 is 4.90 Å². The molecule has 1 aliphatic heterocycles. The Morgan fingerprint density at radius 1 is 0.742 bits per heavy atom.